The molecule has 0 saturated carbocycles. The molecule has 3 amide bonds. The molecule has 0 radical (unpaired) electrons. The Morgan fingerprint density at radius 3 is 1.94 bits per heavy atom. The molecule has 0 fully saturated rings. The smallest absolute Gasteiger partial charge is 0.246 e. The van der Waals surface area contributed by atoms with Crippen molar-refractivity contribution in [1.29, 1.82) is 0 Å². The summed E-state index contributed by atoms with van der Waals surface area (Å²) in [6, 6.07) is 27.4. The molecule has 7 heteroatoms. The van der Waals surface area contributed by atoms with Gasteiger partial charge in [-0.25, -0.2) is 5.48 Å². The molecule has 7 nitrogen and oxygen atoms in total. The Hall–Kier alpha value is -3.97. The van der Waals surface area contributed by atoms with Gasteiger partial charge >= 0.3 is 0 Å². The summed E-state index contributed by atoms with van der Waals surface area (Å²) in [6.07, 6.45) is 0.993. The maximum absolute atomic E-state index is 13.3. The number of aryl methyl sites for hydroxylation is 1. The van der Waals surface area contributed by atoms with E-state index in [4.69, 9.17) is 4.84 Å². The van der Waals surface area contributed by atoms with Crippen molar-refractivity contribution in [3.8, 4) is 0 Å². The van der Waals surface area contributed by atoms with Crippen LogP contribution in [0.3, 0.4) is 0 Å². The molecule has 0 aliphatic rings. The number of carbonyl (C=O) groups is 3. The number of likely N-dealkylation sites (N-methyl/N-ethyl adjacent to an activating group) is 1. The van der Waals surface area contributed by atoms with Gasteiger partial charge in [0.05, 0.1) is 6.61 Å². The van der Waals surface area contributed by atoms with Crippen molar-refractivity contribution in [1.82, 2.24) is 16.1 Å². The van der Waals surface area contributed by atoms with Gasteiger partial charge in [-0.3, -0.25) is 19.2 Å². The number of hydroxylamine groups is 1. The summed E-state index contributed by atoms with van der Waals surface area (Å²) in [4.78, 5) is 43.8. The van der Waals surface area contributed by atoms with Crippen LogP contribution in [0.2, 0.25) is 0 Å². The third-order valence-corrected chi connectivity index (χ3v) is 5.62. The zero-order valence-electron chi connectivity index (χ0n) is 19.8. The minimum atomic E-state index is -0.856. The molecule has 3 rings (SSSR count). The summed E-state index contributed by atoms with van der Waals surface area (Å²) in [5.41, 5.74) is 5.09. The van der Waals surface area contributed by atoms with Gasteiger partial charge in [-0.1, -0.05) is 91.0 Å². The van der Waals surface area contributed by atoms with Crippen LogP contribution in [-0.2, 0) is 32.2 Å². The van der Waals surface area contributed by atoms with Crippen molar-refractivity contribution >= 4 is 17.7 Å². The van der Waals surface area contributed by atoms with Crippen LogP contribution in [0.5, 0.6) is 0 Å². The molecule has 3 aromatic rings. The molecule has 182 valence electrons. The quantitative estimate of drug-likeness (QED) is 0.351. The van der Waals surface area contributed by atoms with Gasteiger partial charge < -0.3 is 10.6 Å². The maximum atomic E-state index is 13.3. The second kappa shape index (κ2) is 13.7. The highest BCUT2D eigenvalue weighted by molar-refractivity contribution is 5.91. The predicted molar refractivity (Wildman–Crippen MR) is 134 cm³/mol. The fourth-order valence-corrected chi connectivity index (χ4v) is 3.70. The van der Waals surface area contributed by atoms with Crippen molar-refractivity contribution in [2.24, 2.45) is 5.92 Å². The van der Waals surface area contributed by atoms with Gasteiger partial charge in [-0.15, -0.1) is 0 Å². The van der Waals surface area contributed by atoms with Crippen molar-refractivity contribution in [2.75, 3.05) is 7.05 Å². The van der Waals surface area contributed by atoms with E-state index in [0.29, 0.717) is 18.4 Å². The highest BCUT2D eigenvalue weighted by atomic mass is 16.6. The second-order valence-corrected chi connectivity index (χ2v) is 8.19. The summed E-state index contributed by atoms with van der Waals surface area (Å²) in [7, 11) is 1.52. The molecule has 0 aromatic heterocycles. The van der Waals surface area contributed by atoms with E-state index >= 15 is 0 Å². The van der Waals surface area contributed by atoms with Crippen LogP contribution < -0.4 is 16.1 Å². The fraction of sp³-hybridized carbons (Fsp3) is 0.250. The molecule has 0 saturated heterocycles. The van der Waals surface area contributed by atoms with Crippen molar-refractivity contribution < 1.29 is 19.2 Å². The Bertz CT molecular complexity index is 1080. The average molecular weight is 474 g/mol. The fourth-order valence-electron chi connectivity index (χ4n) is 3.70. The molecular formula is C28H31N3O4. The number of hydrogen-bond donors (Lipinski definition) is 3. The predicted octanol–water partition coefficient (Wildman–Crippen LogP) is 3.48. The van der Waals surface area contributed by atoms with E-state index in [1.165, 1.54) is 7.05 Å². The lowest BCUT2D eigenvalue weighted by Gasteiger charge is -2.22. The van der Waals surface area contributed by atoms with E-state index in [1.807, 2.05) is 78.9 Å². The van der Waals surface area contributed by atoms with Gasteiger partial charge in [-0.05, 0) is 29.5 Å². The Labute approximate surface area is 205 Å². The van der Waals surface area contributed by atoms with Gasteiger partial charge in [0, 0.05) is 19.4 Å². The molecule has 35 heavy (non-hydrogen) atoms. The Balaban J connectivity index is 1.66. The maximum Gasteiger partial charge on any atom is 0.246 e. The molecule has 3 N–H and O–H groups in total. The second-order valence-electron chi connectivity index (χ2n) is 8.19. The van der Waals surface area contributed by atoms with Crippen LogP contribution in [0, 0.1) is 5.92 Å². The SMILES string of the molecule is CNC(=O)[C@@H](NC(=O)[C@H](CCc1ccccc1)CC(=O)NOCc1ccccc1)c1ccccc1. The minimum absolute atomic E-state index is 0.0668. The van der Waals surface area contributed by atoms with Crippen LogP contribution in [-0.4, -0.2) is 24.8 Å². The molecule has 2 atom stereocenters. The Morgan fingerprint density at radius 2 is 1.34 bits per heavy atom. The number of nitrogens with one attached hydrogen (secondary N) is 3. The topological polar surface area (TPSA) is 96.5 Å². The average Bonchev–Trinajstić information content (AvgIpc) is 2.90. The first-order valence-corrected chi connectivity index (χ1v) is 11.6. The first-order valence-electron chi connectivity index (χ1n) is 11.6. The summed E-state index contributed by atoms with van der Waals surface area (Å²) in [6.45, 7) is 0.222. The standard InChI is InChI=1S/C28H31N3O4/c1-29-28(34)26(23-15-9-4-10-16-23)30-27(33)24(18-17-21-11-5-2-6-12-21)19-25(32)31-35-20-22-13-7-3-8-14-22/h2-16,24,26H,17-20H2,1H3,(H,29,34)(H,30,33)(H,31,32)/t24-,26+/m1/s1. The van der Waals surface area contributed by atoms with Crippen LogP contribution in [0.15, 0.2) is 91.0 Å². The highest BCUT2D eigenvalue weighted by Gasteiger charge is 2.28. The lowest BCUT2D eigenvalue weighted by molar-refractivity contribution is -0.139. The first-order chi connectivity index (χ1) is 17.1. The van der Waals surface area contributed by atoms with Crippen molar-refractivity contribution in [2.45, 2.75) is 31.9 Å². The zero-order chi connectivity index (χ0) is 24.9. The molecule has 0 heterocycles. The van der Waals surface area contributed by atoms with Gasteiger partial charge in [0.25, 0.3) is 0 Å². The van der Waals surface area contributed by atoms with Crippen LogP contribution >= 0.6 is 0 Å². The summed E-state index contributed by atoms with van der Waals surface area (Å²) in [5.74, 6) is -1.74. The van der Waals surface area contributed by atoms with Gasteiger partial charge in [-0.2, -0.15) is 0 Å². The molecule has 0 aliphatic heterocycles. The number of amides is 3. The molecule has 0 aliphatic carbocycles. The molecule has 3 aromatic carbocycles. The van der Waals surface area contributed by atoms with Gasteiger partial charge in [0.1, 0.15) is 6.04 Å². The van der Waals surface area contributed by atoms with E-state index in [0.717, 1.165) is 11.1 Å². The monoisotopic (exact) mass is 473 g/mol. The normalized spacial score (nSPS) is 12.3. The van der Waals surface area contributed by atoms with E-state index in [2.05, 4.69) is 16.1 Å². The number of carbonyl (C=O) groups excluding carboxylic acids is 3. The van der Waals surface area contributed by atoms with Crippen molar-refractivity contribution in [3.05, 3.63) is 108 Å². The number of hydrogen-bond acceptors (Lipinski definition) is 4. The van der Waals surface area contributed by atoms with Gasteiger partial charge in [0.15, 0.2) is 0 Å². The van der Waals surface area contributed by atoms with Crippen LogP contribution in [0.25, 0.3) is 0 Å². The summed E-state index contributed by atoms with van der Waals surface area (Å²) < 4.78 is 0. The lowest BCUT2D eigenvalue weighted by atomic mass is 9.94. The lowest BCUT2D eigenvalue weighted by Crippen LogP contribution is -2.42. The zero-order valence-corrected chi connectivity index (χ0v) is 19.8. The third-order valence-electron chi connectivity index (χ3n) is 5.62. The molecular weight excluding hydrogens is 442 g/mol. The highest BCUT2D eigenvalue weighted by Crippen LogP contribution is 2.18. The van der Waals surface area contributed by atoms with Crippen molar-refractivity contribution in [3.63, 3.8) is 0 Å². The molecule has 0 unspecified atom stereocenters. The number of rotatable bonds is 12. The third kappa shape index (κ3) is 8.39. The minimum Gasteiger partial charge on any atom is -0.357 e. The summed E-state index contributed by atoms with van der Waals surface area (Å²) >= 11 is 0. The molecule has 0 bridgehead atoms. The van der Waals surface area contributed by atoms with E-state index in [9.17, 15) is 14.4 Å². The van der Waals surface area contributed by atoms with E-state index in [1.54, 1.807) is 12.1 Å². The first kappa shape index (κ1) is 25.6. The van der Waals surface area contributed by atoms with Crippen LogP contribution in [0.4, 0.5) is 0 Å². The molecule has 0 spiro atoms. The van der Waals surface area contributed by atoms with E-state index < -0.39 is 17.9 Å². The Morgan fingerprint density at radius 1 is 0.771 bits per heavy atom. The number of benzene rings is 3. The largest absolute Gasteiger partial charge is 0.357 e. The van der Waals surface area contributed by atoms with E-state index in [-0.39, 0.29) is 24.8 Å². The Kier molecular flexibility index (Phi) is 10.0. The summed E-state index contributed by atoms with van der Waals surface area (Å²) in [5, 5.41) is 5.43. The van der Waals surface area contributed by atoms with Crippen LogP contribution in [0.1, 0.15) is 35.6 Å². The van der Waals surface area contributed by atoms with Gasteiger partial charge in [0.2, 0.25) is 17.7 Å².